The minimum atomic E-state index is 0.823. The van der Waals surface area contributed by atoms with Crippen molar-refractivity contribution in [3.05, 3.63) is 188 Å². The molecule has 1 aromatic heterocycles. The number of rotatable bonds is 4. The smallest absolute Gasteiger partial charge is 0.152 e. The highest BCUT2D eigenvalue weighted by Crippen LogP contribution is 2.52. The van der Waals surface area contributed by atoms with Crippen LogP contribution in [0.3, 0.4) is 0 Å². The third kappa shape index (κ3) is 4.77. The number of ether oxygens (including phenoxy) is 1. The van der Waals surface area contributed by atoms with Crippen LogP contribution in [0.15, 0.2) is 193 Å². The van der Waals surface area contributed by atoms with Crippen LogP contribution in [0.5, 0.6) is 11.5 Å². The van der Waals surface area contributed by atoms with E-state index in [4.69, 9.17) is 17.4 Å². The summed E-state index contributed by atoms with van der Waals surface area (Å²) in [5.74, 6) is 1.65. The second kappa shape index (κ2) is 12.2. The fourth-order valence-corrected chi connectivity index (χ4v) is 8.67. The van der Waals surface area contributed by atoms with Crippen LogP contribution in [-0.2, 0) is 0 Å². The Balaban J connectivity index is 1.04. The van der Waals surface area contributed by atoms with E-state index in [-0.39, 0.29) is 0 Å². The van der Waals surface area contributed by atoms with Gasteiger partial charge in [0.05, 0.1) is 22.4 Å². The summed E-state index contributed by atoms with van der Waals surface area (Å²) in [6.45, 7) is 0. The summed E-state index contributed by atoms with van der Waals surface area (Å²) < 4.78 is 9.03. The van der Waals surface area contributed by atoms with E-state index >= 15 is 0 Å². The fourth-order valence-electron chi connectivity index (χ4n) is 8.39. The molecule has 0 saturated heterocycles. The van der Waals surface area contributed by atoms with E-state index in [1.54, 1.807) is 0 Å². The van der Waals surface area contributed by atoms with Crippen molar-refractivity contribution in [2.24, 2.45) is 0 Å². The standard InChI is InChI=1S/C50H32N2OS/c54-49-20-9-5-15-40(49)41-16-10-11-32-21-22-35-29-37(25-26-38(35)50(32)41)52-45-18-7-8-19-47(45)53-48-31-34(24-28-46(48)52)33-23-27-44-42(30-33)39-14-4-6-17-43(39)51(44)36-12-2-1-3-13-36/h1-31,54H. The molecule has 10 aromatic rings. The highest BCUT2D eigenvalue weighted by molar-refractivity contribution is 7.80. The van der Waals surface area contributed by atoms with E-state index in [9.17, 15) is 0 Å². The predicted molar refractivity (Wildman–Crippen MR) is 229 cm³/mol. The largest absolute Gasteiger partial charge is 0.453 e. The number of thiol groups is 1. The first-order chi connectivity index (χ1) is 26.7. The second-order valence-corrected chi connectivity index (χ2v) is 14.4. The number of anilines is 3. The van der Waals surface area contributed by atoms with Crippen LogP contribution >= 0.6 is 12.6 Å². The molecule has 0 spiro atoms. The molecule has 4 heteroatoms. The number of nitrogens with zero attached hydrogens (tertiary/aromatic N) is 2. The van der Waals surface area contributed by atoms with Gasteiger partial charge in [-0.2, -0.15) is 0 Å². The number of aromatic nitrogens is 1. The number of hydrogen-bond acceptors (Lipinski definition) is 3. The molecule has 0 N–H and O–H groups in total. The molecular formula is C50H32N2OS. The average Bonchev–Trinajstić information content (AvgIpc) is 3.56. The number of fused-ring (bicyclic) bond motifs is 8. The average molecular weight is 709 g/mol. The first kappa shape index (κ1) is 30.8. The topological polar surface area (TPSA) is 17.4 Å². The zero-order chi connectivity index (χ0) is 35.8. The van der Waals surface area contributed by atoms with Gasteiger partial charge in [-0.05, 0) is 117 Å². The molecule has 0 saturated carbocycles. The normalized spacial score (nSPS) is 12.3. The van der Waals surface area contributed by atoms with Gasteiger partial charge in [0.25, 0.3) is 0 Å². The lowest BCUT2D eigenvalue weighted by molar-refractivity contribution is 0.477. The predicted octanol–water partition coefficient (Wildman–Crippen LogP) is 14.3. The summed E-state index contributed by atoms with van der Waals surface area (Å²) in [5.41, 5.74) is 11.2. The van der Waals surface area contributed by atoms with Crippen LogP contribution in [0.4, 0.5) is 17.1 Å². The van der Waals surface area contributed by atoms with Gasteiger partial charge in [0.15, 0.2) is 11.5 Å². The Labute approximate surface area is 318 Å². The molecular weight excluding hydrogens is 677 g/mol. The maximum absolute atomic E-state index is 6.68. The highest BCUT2D eigenvalue weighted by atomic mass is 32.1. The molecule has 1 aliphatic rings. The molecule has 9 aromatic carbocycles. The van der Waals surface area contributed by atoms with Gasteiger partial charge in [-0.1, -0.05) is 115 Å². The van der Waals surface area contributed by atoms with Gasteiger partial charge in [0.1, 0.15) is 0 Å². The number of benzene rings is 9. The van der Waals surface area contributed by atoms with Crippen molar-refractivity contribution < 1.29 is 4.74 Å². The van der Waals surface area contributed by atoms with Gasteiger partial charge >= 0.3 is 0 Å². The van der Waals surface area contributed by atoms with Crippen molar-refractivity contribution in [2.75, 3.05) is 4.90 Å². The number of hydrogen-bond donors (Lipinski definition) is 1. The Morgan fingerprint density at radius 2 is 1.13 bits per heavy atom. The van der Waals surface area contributed by atoms with Crippen molar-refractivity contribution in [2.45, 2.75) is 4.90 Å². The maximum Gasteiger partial charge on any atom is 0.152 e. The van der Waals surface area contributed by atoms with Crippen molar-refractivity contribution in [1.29, 1.82) is 0 Å². The van der Waals surface area contributed by atoms with Gasteiger partial charge in [0, 0.05) is 27.0 Å². The Morgan fingerprint density at radius 3 is 2.06 bits per heavy atom. The third-order valence-corrected chi connectivity index (χ3v) is 11.2. The SMILES string of the molecule is Sc1ccccc1-c1cccc2ccc3cc(N4c5ccccc5Oc5cc(-c6ccc7c(c6)c6ccccc6n7-c6ccccc6)ccc54)ccc3c12. The molecule has 0 fully saturated rings. The molecule has 2 heterocycles. The van der Waals surface area contributed by atoms with Crippen LogP contribution in [-0.4, -0.2) is 4.57 Å². The van der Waals surface area contributed by atoms with E-state index in [1.165, 1.54) is 48.9 Å². The quantitative estimate of drug-likeness (QED) is 0.145. The lowest BCUT2D eigenvalue weighted by atomic mass is 9.93. The molecule has 0 radical (unpaired) electrons. The third-order valence-electron chi connectivity index (χ3n) is 10.8. The summed E-state index contributed by atoms with van der Waals surface area (Å²) in [6, 6.07) is 67.1. The summed E-state index contributed by atoms with van der Waals surface area (Å²) in [7, 11) is 0. The Bertz CT molecular complexity index is 3110. The van der Waals surface area contributed by atoms with Crippen molar-refractivity contribution in [1.82, 2.24) is 4.57 Å². The zero-order valence-electron chi connectivity index (χ0n) is 29.1. The Morgan fingerprint density at radius 1 is 0.407 bits per heavy atom. The lowest BCUT2D eigenvalue weighted by Crippen LogP contribution is -2.15. The molecule has 3 nitrogen and oxygen atoms in total. The summed E-state index contributed by atoms with van der Waals surface area (Å²) in [6.07, 6.45) is 0. The number of para-hydroxylation sites is 4. The molecule has 54 heavy (non-hydrogen) atoms. The van der Waals surface area contributed by atoms with E-state index in [0.29, 0.717) is 0 Å². The molecule has 254 valence electrons. The van der Waals surface area contributed by atoms with Gasteiger partial charge in [-0.15, -0.1) is 12.6 Å². The van der Waals surface area contributed by atoms with Crippen molar-refractivity contribution in [3.8, 4) is 39.4 Å². The van der Waals surface area contributed by atoms with Gasteiger partial charge < -0.3 is 14.2 Å². The van der Waals surface area contributed by atoms with Crippen LogP contribution in [0, 0.1) is 0 Å². The van der Waals surface area contributed by atoms with Gasteiger partial charge in [-0.25, -0.2) is 0 Å². The first-order valence-electron chi connectivity index (χ1n) is 18.2. The fraction of sp³-hybridized carbons (Fsp3) is 0. The molecule has 1 aliphatic heterocycles. The molecule has 0 atom stereocenters. The minimum Gasteiger partial charge on any atom is -0.453 e. The van der Waals surface area contributed by atoms with Crippen LogP contribution < -0.4 is 9.64 Å². The zero-order valence-corrected chi connectivity index (χ0v) is 30.0. The summed E-state index contributed by atoms with van der Waals surface area (Å²) in [4.78, 5) is 3.30. The maximum atomic E-state index is 6.68. The second-order valence-electron chi connectivity index (χ2n) is 13.9. The molecule has 0 unspecified atom stereocenters. The lowest BCUT2D eigenvalue weighted by Gasteiger charge is -2.33. The van der Waals surface area contributed by atoms with Crippen LogP contribution in [0.25, 0.3) is 71.3 Å². The Kier molecular flexibility index (Phi) is 6.94. The van der Waals surface area contributed by atoms with Crippen molar-refractivity contribution in [3.63, 3.8) is 0 Å². The highest BCUT2D eigenvalue weighted by Gasteiger charge is 2.27. The first-order valence-corrected chi connectivity index (χ1v) is 18.7. The monoisotopic (exact) mass is 708 g/mol. The van der Waals surface area contributed by atoms with Gasteiger partial charge in [0.2, 0.25) is 0 Å². The molecule has 0 amide bonds. The van der Waals surface area contributed by atoms with E-state index in [2.05, 4.69) is 185 Å². The Hall–Kier alpha value is -6.75. The molecule has 0 aliphatic carbocycles. The molecule has 11 rings (SSSR count). The van der Waals surface area contributed by atoms with Crippen LogP contribution in [0.1, 0.15) is 0 Å². The van der Waals surface area contributed by atoms with E-state index in [0.717, 1.165) is 55.8 Å². The van der Waals surface area contributed by atoms with Gasteiger partial charge in [-0.3, -0.25) is 0 Å². The minimum absolute atomic E-state index is 0.823. The molecule has 0 bridgehead atoms. The van der Waals surface area contributed by atoms with Crippen LogP contribution in [0.2, 0.25) is 0 Å². The van der Waals surface area contributed by atoms with E-state index < -0.39 is 0 Å². The van der Waals surface area contributed by atoms with E-state index in [1.807, 2.05) is 12.1 Å². The van der Waals surface area contributed by atoms with Crippen molar-refractivity contribution >= 4 is 73.0 Å². The summed E-state index contributed by atoms with van der Waals surface area (Å²) >= 11 is 4.82. The summed E-state index contributed by atoms with van der Waals surface area (Å²) in [5, 5.41) is 7.29.